The molecule has 3 nitrogen and oxygen atoms in total. The van der Waals surface area contributed by atoms with Gasteiger partial charge in [0.05, 0.1) is 12.5 Å². The standard InChI is InChI=1S/C17H24BrNO2/c1-3-21-17(20)14-7-5-9-16(11-14)19-12(2)13-6-4-8-15(18)10-13/h4,6,8,10,12,14,16,19H,3,5,7,9,11H2,1-2H3/t12-,14?,16?/m0/s1. The van der Waals surface area contributed by atoms with Crippen LogP contribution >= 0.6 is 15.9 Å². The summed E-state index contributed by atoms with van der Waals surface area (Å²) in [5.74, 6) is 0.0324. The van der Waals surface area contributed by atoms with Crippen molar-refractivity contribution in [1.82, 2.24) is 5.32 Å². The predicted molar refractivity (Wildman–Crippen MR) is 88.1 cm³/mol. The van der Waals surface area contributed by atoms with E-state index in [0.29, 0.717) is 12.6 Å². The number of halogens is 1. The van der Waals surface area contributed by atoms with Gasteiger partial charge in [-0.3, -0.25) is 4.79 Å². The van der Waals surface area contributed by atoms with Crippen LogP contribution in [0.5, 0.6) is 0 Å². The summed E-state index contributed by atoms with van der Waals surface area (Å²) in [5.41, 5.74) is 1.27. The number of carbonyl (C=O) groups is 1. The minimum atomic E-state index is -0.0286. The second-order valence-electron chi connectivity index (χ2n) is 5.76. The van der Waals surface area contributed by atoms with E-state index >= 15 is 0 Å². The quantitative estimate of drug-likeness (QED) is 0.805. The van der Waals surface area contributed by atoms with Crippen LogP contribution in [-0.4, -0.2) is 18.6 Å². The Morgan fingerprint density at radius 1 is 1.48 bits per heavy atom. The Labute approximate surface area is 135 Å². The lowest BCUT2D eigenvalue weighted by Crippen LogP contribution is -2.38. The molecular formula is C17H24BrNO2. The largest absolute Gasteiger partial charge is 0.466 e. The lowest BCUT2D eigenvalue weighted by atomic mass is 9.85. The zero-order valence-corrected chi connectivity index (χ0v) is 14.4. The first-order valence-corrected chi connectivity index (χ1v) is 8.57. The van der Waals surface area contributed by atoms with Gasteiger partial charge in [-0.15, -0.1) is 0 Å². The van der Waals surface area contributed by atoms with Crippen LogP contribution in [0, 0.1) is 5.92 Å². The average Bonchev–Trinajstić information content (AvgIpc) is 2.48. The third-order valence-corrected chi connectivity index (χ3v) is 4.62. The lowest BCUT2D eigenvalue weighted by Gasteiger charge is -2.31. The van der Waals surface area contributed by atoms with Crippen molar-refractivity contribution < 1.29 is 9.53 Å². The van der Waals surface area contributed by atoms with Crippen LogP contribution in [0.1, 0.15) is 51.1 Å². The van der Waals surface area contributed by atoms with Crippen molar-refractivity contribution in [3.8, 4) is 0 Å². The molecule has 1 fully saturated rings. The molecule has 0 heterocycles. The molecule has 1 aliphatic carbocycles. The molecule has 2 unspecified atom stereocenters. The van der Waals surface area contributed by atoms with Crippen LogP contribution in [0.3, 0.4) is 0 Å². The summed E-state index contributed by atoms with van der Waals surface area (Å²) >= 11 is 3.51. The third-order valence-electron chi connectivity index (χ3n) is 4.13. The summed E-state index contributed by atoms with van der Waals surface area (Å²) in [7, 11) is 0. The fourth-order valence-corrected chi connectivity index (χ4v) is 3.46. The smallest absolute Gasteiger partial charge is 0.308 e. The topological polar surface area (TPSA) is 38.3 Å². The van der Waals surface area contributed by atoms with E-state index in [9.17, 15) is 4.79 Å². The first kappa shape index (κ1) is 16.5. The van der Waals surface area contributed by atoms with Crippen LogP contribution in [0.2, 0.25) is 0 Å². The predicted octanol–water partition coefficient (Wildman–Crippen LogP) is 4.22. The van der Waals surface area contributed by atoms with Crippen molar-refractivity contribution >= 4 is 21.9 Å². The summed E-state index contributed by atoms with van der Waals surface area (Å²) in [6.45, 7) is 4.52. The van der Waals surface area contributed by atoms with E-state index in [-0.39, 0.29) is 17.9 Å². The minimum absolute atomic E-state index is 0.0286. The van der Waals surface area contributed by atoms with Crippen LogP contribution in [0.4, 0.5) is 0 Å². The highest BCUT2D eigenvalue weighted by Gasteiger charge is 2.28. The Hall–Kier alpha value is -0.870. The molecule has 0 bridgehead atoms. The number of carbonyl (C=O) groups excluding carboxylic acids is 1. The summed E-state index contributed by atoms with van der Waals surface area (Å²) in [6.07, 6.45) is 4.07. The second-order valence-corrected chi connectivity index (χ2v) is 6.67. The molecule has 116 valence electrons. The molecule has 0 aliphatic heterocycles. The van der Waals surface area contributed by atoms with Gasteiger partial charge in [-0.05, 0) is 50.8 Å². The molecule has 1 aliphatic rings. The average molecular weight is 354 g/mol. The first-order valence-electron chi connectivity index (χ1n) is 7.78. The number of benzene rings is 1. The van der Waals surface area contributed by atoms with Crippen molar-refractivity contribution in [3.05, 3.63) is 34.3 Å². The maximum Gasteiger partial charge on any atom is 0.308 e. The Bertz CT molecular complexity index is 478. The van der Waals surface area contributed by atoms with Gasteiger partial charge < -0.3 is 10.1 Å². The summed E-state index contributed by atoms with van der Waals surface area (Å²) < 4.78 is 6.26. The number of nitrogens with one attached hydrogen (secondary N) is 1. The third kappa shape index (κ3) is 4.82. The van der Waals surface area contributed by atoms with Gasteiger partial charge in [-0.1, -0.05) is 34.5 Å². The van der Waals surface area contributed by atoms with Crippen LogP contribution in [-0.2, 0) is 9.53 Å². The Kier molecular flexibility index (Phi) is 6.24. The van der Waals surface area contributed by atoms with Crippen molar-refractivity contribution in [2.45, 2.75) is 51.6 Å². The Balaban J connectivity index is 1.91. The van der Waals surface area contributed by atoms with Crippen molar-refractivity contribution in [3.63, 3.8) is 0 Å². The molecule has 0 radical (unpaired) electrons. The fourth-order valence-electron chi connectivity index (χ4n) is 3.04. The van der Waals surface area contributed by atoms with E-state index in [1.807, 2.05) is 13.0 Å². The molecule has 1 saturated carbocycles. The lowest BCUT2D eigenvalue weighted by molar-refractivity contribution is -0.149. The highest BCUT2D eigenvalue weighted by Crippen LogP contribution is 2.27. The van der Waals surface area contributed by atoms with Crippen molar-refractivity contribution in [2.24, 2.45) is 5.92 Å². The summed E-state index contributed by atoms with van der Waals surface area (Å²) in [5, 5.41) is 3.66. The zero-order valence-electron chi connectivity index (χ0n) is 12.8. The van der Waals surface area contributed by atoms with Crippen LogP contribution in [0.25, 0.3) is 0 Å². The number of esters is 1. The maximum atomic E-state index is 11.9. The molecule has 0 spiro atoms. The van der Waals surface area contributed by atoms with Gasteiger partial charge in [-0.25, -0.2) is 0 Å². The highest BCUT2D eigenvalue weighted by atomic mass is 79.9. The fraction of sp³-hybridized carbons (Fsp3) is 0.588. The number of ether oxygens (including phenoxy) is 1. The summed E-state index contributed by atoms with van der Waals surface area (Å²) in [4.78, 5) is 11.9. The molecular weight excluding hydrogens is 330 g/mol. The van der Waals surface area contributed by atoms with Gasteiger partial charge >= 0.3 is 5.97 Å². The van der Waals surface area contributed by atoms with Crippen LogP contribution < -0.4 is 5.32 Å². The van der Waals surface area contributed by atoms with Crippen LogP contribution in [0.15, 0.2) is 28.7 Å². The van der Waals surface area contributed by atoms with Gasteiger partial charge in [0.25, 0.3) is 0 Å². The van der Waals surface area contributed by atoms with Gasteiger partial charge in [0.1, 0.15) is 0 Å². The first-order chi connectivity index (χ1) is 10.1. The molecule has 4 heteroatoms. The number of hydrogen-bond donors (Lipinski definition) is 1. The SMILES string of the molecule is CCOC(=O)C1CCCC(N[C@@H](C)c2cccc(Br)c2)C1. The molecule has 21 heavy (non-hydrogen) atoms. The van der Waals surface area contributed by atoms with Gasteiger partial charge in [0, 0.05) is 16.6 Å². The van der Waals surface area contributed by atoms with Crippen molar-refractivity contribution in [2.75, 3.05) is 6.61 Å². The second kappa shape index (κ2) is 7.95. The van der Waals surface area contributed by atoms with E-state index in [4.69, 9.17) is 4.74 Å². The number of rotatable bonds is 5. The van der Waals surface area contributed by atoms with E-state index in [1.165, 1.54) is 5.56 Å². The molecule has 1 N–H and O–H groups in total. The van der Waals surface area contributed by atoms with Gasteiger partial charge in [0.2, 0.25) is 0 Å². The van der Waals surface area contributed by atoms with E-state index in [1.54, 1.807) is 0 Å². The molecule has 0 aromatic heterocycles. The van der Waals surface area contributed by atoms with E-state index in [0.717, 1.165) is 30.2 Å². The Morgan fingerprint density at radius 2 is 2.29 bits per heavy atom. The maximum absolute atomic E-state index is 11.9. The number of hydrogen-bond acceptors (Lipinski definition) is 3. The van der Waals surface area contributed by atoms with Gasteiger partial charge in [0.15, 0.2) is 0 Å². The monoisotopic (exact) mass is 353 g/mol. The zero-order chi connectivity index (χ0) is 15.2. The van der Waals surface area contributed by atoms with E-state index < -0.39 is 0 Å². The molecule has 1 aromatic carbocycles. The van der Waals surface area contributed by atoms with Gasteiger partial charge in [-0.2, -0.15) is 0 Å². The van der Waals surface area contributed by atoms with Crippen molar-refractivity contribution in [1.29, 1.82) is 0 Å². The minimum Gasteiger partial charge on any atom is -0.466 e. The molecule has 2 rings (SSSR count). The van der Waals surface area contributed by atoms with E-state index in [2.05, 4.69) is 46.4 Å². The molecule has 1 aromatic rings. The normalized spacial score (nSPS) is 23.6. The Morgan fingerprint density at radius 3 is 3.00 bits per heavy atom. The summed E-state index contributed by atoms with van der Waals surface area (Å²) in [6, 6.07) is 9.04. The molecule has 3 atom stereocenters. The molecule has 0 saturated heterocycles. The molecule has 0 amide bonds. The highest BCUT2D eigenvalue weighted by molar-refractivity contribution is 9.10.